The third kappa shape index (κ3) is 3.96. The van der Waals surface area contributed by atoms with E-state index in [4.69, 9.17) is 20.1 Å². The van der Waals surface area contributed by atoms with E-state index >= 15 is 0 Å². The lowest BCUT2D eigenvalue weighted by molar-refractivity contribution is 0.206. The first-order valence-electron chi connectivity index (χ1n) is 12.4. The van der Waals surface area contributed by atoms with Crippen molar-refractivity contribution in [2.75, 3.05) is 11.9 Å². The number of anilines is 2. The molecule has 1 saturated carbocycles. The molecule has 170 valence electrons. The van der Waals surface area contributed by atoms with Gasteiger partial charge in [0.2, 0.25) is 0 Å². The predicted octanol–water partition coefficient (Wildman–Crippen LogP) is 7.72. The number of rotatable bonds is 4. The van der Waals surface area contributed by atoms with Crippen molar-refractivity contribution in [1.29, 1.82) is 0 Å². The highest BCUT2D eigenvalue weighted by Gasteiger charge is 2.37. The third-order valence-electron chi connectivity index (χ3n) is 7.90. The molecule has 34 heavy (non-hydrogen) atoms. The zero-order valence-electron chi connectivity index (χ0n) is 21.1. The Morgan fingerprint density at radius 1 is 0.824 bits per heavy atom. The van der Waals surface area contributed by atoms with Gasteiger partial charge in [0, 0.05) is 23.5 Å². The Kier molecular flexibility index (Phi) is 5.43. The van der Waals surface area contributed by atoms with Crippen LogP contribution in [0.2, 0.25) is 0 Å². The maximum atomic E-state index is 7.05. The minimum atomic E-state index is -0.362. The normalized spacial score (nSPS) is 17.8. The summed E-state index contributed by atoms with van der Waals surface area (Å²) in [4.78, 5) is 2.18. The van der Waals surface area contributed by atoms with Gasteiger partial charge in [-0.3, -0.25) is 0 Å². The first-order chi connectivity index (χ1) is 16.0. The molecule has 0 amide bonds. The molecule has 1 aromatic heterocycles. The molecule has 0 unspecified atom stereocenters. The van der Waals surface area contributed by atoms with E-state index < -0.39 is 0 Å². The van der Waals surface area contributed by atoms with Crippen LogP contribution in [0.3, 0.4) is 0 Å². The lowest BCUT2D eigenvalue weighted by atomic mass is 9.53. The van der Waals surface area contributed by atoms with E-state index in [0.29, 0.717) is 5.41 Å². The summed E-state index contributed by atoms with van der Waals surface area (Å²) >= 11 is 0. The van der Waals surface area contributed by atoms with Gasteiger partial charge >= 0.3 is 0 Å². The van der Waals surface area contributed by atoms with E-state index in [1.165, 1.54) is 0 Å². The van der Waals surface area contributed by atoms with Crippen LogP contribution < -0.4 is 4.90 Å². The standard InChI is InChI=1S/C30H33B2NO/c1-28(2)16-18-30(32,19-17-28)24-10-6-8-22-23-9-7-11-25(27(23)34-26(22)24)33(5)21-14-12-20(13-15-21)29(3,4)31/h6-15H,16-19H2,1-5H3. The Balaban J connectivity index is 1.59. The van der Waals surface area contributed by atoms with Crippen molar-refractivity contribution < 1.29 is 4.42 Å². The van der Waals surface area contributed by atoms with E-state index in [-0.39, 0.29) is 10.6 Å². The lowest BCUT2D eigenvalue weighted by Gasteiger charge is -2.42. The first-order valence-corrected chi connectivity index (χ1v) is 12.4. The second kappa shape index (κ2) is 7.97. The summed E-state index contributed by atoms with van der Waals surface area (Å²) in [7, 11) is 15.4. The Hall–Kier alpha value is -2.61. The molecule has 4 heteroatoms. The van der Waals surface area contributed by atoms with E-state index in [9.17, 15) is 0 Å². The van der Waals surface area contributed by atoms with Crippen LogP contribution in [-0.4, -0.2) is 22.7 Å². The summed E-state index contributed by atoms with van der Waals surface area (Å²) < 4.78 is 6.66. The summed E-state index contributed by atoms with van der Waals surface area (Å²) in [6, 6.07) is 21.3. The van der Waals surface area contributed by atoms with Gasteiger partial charge in [-0.05, 0) is 52.6 Å². The molecule has 4 radical (unpaired) electrons. The number of furan rings is 1. The van der Waals surface area contributed by atoms with Crippen LogP contribution in [-0.2, 0) is 10.6 Å². The fourth-order valence-electron chi connectivity index (χ4n) is 5.36. The van der Waals surface area contributed by atoms with Crippen LogP contribution in [0.1, 0.15) is 64.5 Å². The second-order valence-electron chi connectivity index (χ2n) is 11.6. The molecule has 1 heterocycles. The van der Waals surface area contributed by atoms with Gasteiger partial charge in [0.15, 0.2) is 5.58 Å². The predicted molar refractivity (Wildman–Crippen MR) is 147 cm³/mol. The molecule has 0 N–H and O–H groups in total. The summed E-state index contributed by atoms with van der Waals surface area (Å²) in [5, 5.41) is 1.55. The monoisotopic (exact) mass is 445 g/mol. The van der Waals surface area contributed by atoms with Gasteiger partial charge in [0.1, 0.15) is 5.58 Å². The summed E-state index contributed by atoms with van der Waals surface area (Å²) in [5.74, 6) is 0. The average molecular weight is 445 g/mol. The smallest absolute Gasteiger partial charge is 0.159 e. The van der Waals surface area contributed by atoms with Crippen molar-refractivity contribution in [3.05, 3.63) is 71.8 Å². The Labute approximate surface area is 206 Å². The zero-order valence-corrected chi connectivity index (χ0v) is 21.1. The van der Waals surface area contributed by atoms with Gasteiger partial charge < -0.3 is 9.32 Å². The minimum absolute atomic E-state index is 0.347. The summed E-state index contributed by atoms with van der Waals surface area (Å²) in [6.45, 7) is 8.74. The molecule has 0 bridgehead atoms. The van der Waals surface area contributed by atoms with Crippen molar-refractivity contribution in [1.82, 2.24) is 0 Å². The molecule has 2 nitrogen and oxygen atoms in total. The molecule has 5 rings (SSSR count). The van der Waals surface area contributed by atoms with E-state index in [1.54, 1.807) is 0 Å². The quantitative estimate of drug-likeness (QED) is 0.299. The van der Waals surface area contributed by atoms with E-state index in [2.05, 4.69) is 86.5 Å². The molecular weight excluding hydrogens is 412 g/mol. The molecular formula is C30H33B2NO. The molecule has 1 aliphatic rings. The van der Waals surface area contributed by atoms with Crippen molar-refractivity contribution >= 4 is 49.0 Å². The molecule has 0 saturated heterocycles. The van der Waals surface area contributed by atoms with E-state index in [0.717, 1.165) is 70.1 Å². The van der Waals surface area contributed by atoms with Crippen LogP contribution in [0.5, 0.6) is 0 Å². The lowest BCUT2D eigenvalue weighted by Crippen LogP contribution is -2.35. The maximum Gasteiger partial charge on any atom is 0.159 e. The molecule has 0 atom stereocenters. The molecule has 3 aromatic carbocycles. The molecule has 0 aliphatic heterocycles. The van der Waals surface area contributed by atoms with Gasteiger partial charge in [-0.25, -0.2) is 0 Å². The Morgan fingerprint density at radius 3 is 2.03 bits per heavy atom. The number of nitrogens with zero attached hydrogens (tertiary/aromatic N) is 1. The molecule has 4 aromatic rings. The van der Waals surface area contributed by atoms with Crippen LogP contribution in [0.25, 0.3) is 21.9 Å². The highest BCUT2D eigenvalue weighted by atomic mass is 16.3. The van der Waals surface area contributed by atoms with Crippen molar-refractivity contribution in [3.8, 4) is 0 Å². The van der Waals surface area contributed by atoms with Gasteiger partial charge in [0.25, 0.3) is 0 Å². The molecule has 0 spiro atoms. The second-order valence-corrected chi connectivity index (χ2v) is 11.6. The number of para-hydroxylation sites is 2. The maximum absolute atomic E-state index is 7.05. The van der Waals surface area contributed by atoms with Crippen LogP contribution in [0.4, 0.5) is 11.4 Å². The highest BCUT2D eigenvalue weighted by molar-refractivity contribution is 6.19. The van der Waals surface area contributed by atoms with Gasteiger partial charge in [-0.15, -0.1) is 0 Å². The highest BCUT2D eigenvalue weighted by Crippen LogP contribution is 2.48. The molecule has 1 fully saturated rings. The third-order valence-corrected chi connectivity index (χ3v) is 7.90. The van der Waals surface area contributed by atoms with Gasteiger partial charge in [0.05, 0.1) is 21.4 Å². The van der Waals surface area contributed by atoms with Gasteiger partial charge in [-0.1, -0.05) is 88.6 Å². The van der Waals surface area contributed by atoms with E-state index in [1.807, 2.05) is 13.8 Å². The topological polar surface area (TPSA) is 16.4 Å². The Morgan fingerprint density at radius 2 is 1.41 bits per heavy atom. The minimum Gasteiger partial charge on any atom is -0.454 e. The van der Waals surface area contributed by atoms with Crippen molar-refractivity contribution in [2.24, 2.45) is 5.41 Å². The fraction of sp³-hybridized carbons (Fsp3) is 0.400. The zero-order chi connectivity index (χ0) is 24.3. The van der Waals surface area contributed by atoms with Crippen molar-refractivity contribution in [2.45, 2.75) is 64.0 Å². The van der Waals surface area contributed by atoms with Crippen LogP contribution in [0.15, 0.2) is 65.1 Å². The fourth-order valence-corrected chi connectivity index (χ4v) is 5.36. The number of hydrogen-bond acceptors (Lipinski definition) is 2. The first kappa shape index (κ1) is 23.1. The average Bonchev–Trinajstić information content (AvgIpc) is 3.19. The number of fused-ring (bicyclic) bond motifs is 3. The van der Waals surface area contributed by atoms with Crippen LogP contribution in [0, 0.1) is 5.41 Å². The van der Waals surface area contributed by atoms with Crippen LogP contribution >= 0.6 is 0 Å². The van der Waals surface area contributed by atoms with Gasteiger partial charge in [-0.2, -0.15) is 0 Å². The largest absolute Gasteiger partial charge is 0.454 e. The Bertz CT molecular complexity index is 1330. The summed E-state index contributed by atoms with van der Waals surface area (Å²) in [6.07, 6.45) is 4.22. The SMILES string of the molecule is [B]C(C)(C)c1ccc(N(C)c2cccc3c2oc2c(C4([B])CCC(C)(C)CC4)cccc23)cc1. The molecule has 1 aliphatic carbocycles. The summed E-state index contributed by atoms with van der Waals surface area (Å²) in [5.41, 5.74) is 6.56. The number of benzene rings is 3. The number of hydrogen-bond donors (Lipinski definition) is 0. The van der Waals surface area contributed by atoms with Crippen molar-refractivity contribution in [3.63, 3.8) is 0 Å².